The fourth-order valence-electron chi connectivity index (χ4n) is 0.883. The highest BCUT2D eigenvalue weighted by Crippen LogP contribution is 2.06. The fraction of sp³-hybridized carbons (Fsp3) is 0.588. The van der Waals surface area contributed by atoms with Crippen molar-refractivity contribution in [1.82, 2.24) is 10.2 Å². The SMILES string of the molecule is CC.CC(C)C.CC(C)C.c1ccc2[nH]ncc2c1. The average Bonchev–Trinajstić information content (AvgIpc) is 2.78. The molecule has 0 saturated heterocycles. The number of fused-ring (bicyclic) bond motifs is 1. The van der Waals surface area contributed by atoms with Gasteiger partial charge in [-0.15, -0.1) is 0 Å². The smallest absolute Gasteiger partial charge is 0.0650 e. The van der Waals surface area contributed by atoms with Gasteiger partial charge in [0.15, 0.2) is 0 Å². The van der Waals surface area contributed by atoms with E-state index in [1.54, 1.807) is 0 Å². The highest BCUT2D eigenvalue weighted by molar-refractivity contribution is 5.77. The van der Waals surface area contributed by atoms with Crippen molar-refractivity contribution in [2.75, 3.05) is 0 Å². The predicted octanol–water partition coefficient (Wildman–Crippen LogP) is 5.91. The first-order valence-electron chi connectivity index (χ1n) is 7.31. The van der Waals surface area contributed by atoms with Gasteiger partial charge in [-0.1, -0.05) is 73.6 Å². The molecule has 0 aliphatic rings. The van der Waals surface area contributed by atoms with Crippen LogP contribution in [0.1, 0.15) is 55.4 Å². The van der Waals surface area contributed by atoms with Crippen molar-refractivity contribution in [1.29, 1.82) is 0 Å². The third kappa shape index (κ3) is 14.6. The Bertz CT molecular complexity index is 347. The second-order valence-corrected chi connectivity index (χ2v) is 5.42. The van der Waals surface area contributed by atoms with Crippen LogP contribution in [0.15, 0.2) is 30.5 Å². The normalized spacial score (nSPS) is 8.95. The Morgan fingerprint density at radius 3 is 1.68 bits per heavy atom. The van der Waals surface area contributed by atoms with Gasteiger partial charge in [-0.25, -0.2) is 0 Å². The van der Waals surface area contributed by atoms with E-state index in [9.17, 15) is 0 Å². The quantitative estimate of drug-likeness (QED) is 0.629. The molecule has 2 heteroatoms. The number of nitrogens with one attached hydrogen (secondary N) is 1. The third-order valence-electron chi connectivity index (χ3n) is 1.35. The van der Waals surface area contributed by atoms with Crippen molar-refractivity contribution in [3.05, 3.63) is 30.5 Å². The minimum absolute atomic E-state index is 0.833. The molecule has 0 aliphatic heterocycles. The van der Waals surface area contributed by atoms with Crippen LogP contribution >= 0.6 is 0 Å². The predicted molar refractivity (Wildman–Crippen MR) is 88.5 cm³/mol. The molecule has 19 heavy (non-hydrogen) atoms. The molecule has 1 N–H and O–H groups in total. The molecule has 0 aliphatic carbocycles. The largest absolute Gasteiger partial charge is 0.278 e. The van der Waals surface area contributed by atoms with Crippen molar-refractivity contribution in [3.63, 3.8) is 0 Å². The van der Waals surface area contributed by atoms with Gasteiger partial charge >= 0.3 is 0 Å². The monoisotopic (exact) mass is 264 g/mol. The van der Waals surface area contributed by atoms with Crippen molar-refractivity contribution in [2.45, 2.75) is 55.4 Å². The minimum Gasteiger partial charge on any atom is -0.278 e. The van der Waals surface area contributed by atoms with E-state index in [2.05, 4.69) is 51.7 Å². The van der Waals surface area contributed by atoms with Gasteiger partial charge in [0.05, 0.1) is 11.7 Å². The maximum Gasteiger partial charge on any atom is 0.0650 e. The average molecular weight is 264 g/mol. The summed E-state index contributed by atoms with van der Waals surface area (Å²) in [6.07, 6.45) is 1.81. The summed E-state index contributed by atoms with van der Waals surface area (Å²) in [5.41, 5.74) is 1.09. The van der Waals surface area contributed by atoms with Crippen molar-refractivity contribution in [2.24, 2.45) is 11.8 Å². The Morgan fingerprint density at radius 2 is 1.26 bits per heavy atom. The second kappa shape index (κ2) is 13.1. The Labute approximate surface area is 119 Å². The number of aromatic nitrogens is 2. The number of nitrogens with zero attached hydrogens (tertiary/aromatic N) is 1. The second-order valence-electron chi connectivity index (χ2n) is 5.42. The summed E-state index contributed by atoms with van der Waals surface area (Å²) in [7, 11) is 0. The van der Waals surface area contributed by atoms with E-state index >= 15 is 0 Å². The lowest BCUT2D eigenvalue weighted by molar-refractivity contribution is 0.736. The first kappa shape index (κ1) is 20.0. The van der Waals surface area contributed by atoms with E-state index < -0.39 is 0 Å². The van der Waals surface area contributed by atoms with Gasteiger partial charge in [-0.05, 0) is 17.9 Å². The molecule has 0 radical (unpaired) electrons. The summed E-state index contributed by atoms with van der Waals surface area (Å²) >= 11 is 0. The molecule has 0 unspecified atom stereocenters. The van der Waals surface area contributed by atoms with Gasteiger partial charge in [0.25, 0.3) is 0 Å². The van der Waals surface area contributed by atoms with Crippen LogP contribution in [0, 0.1) is 11.8 Å². The maximum atomic E-state index is 3.88. The van der Waals surface area contributed by atoms with Crippen LogP contribution in [-0.2, 0) is 0 Å². The molecular formula is C17H32N2. The van der Waals surface area contributed by atoms with Gasteiger partial charge in [0.1, 0.15) is 0 Å². The number of hydrogen-bond acceptors (Lipinski definition) is 1. The van der Waals surface area contributed by atoms with Gasteiger partial charge in [0, 0.05) is 5.39 Å². The molecule has 110 valence electrons. The molecular weight excluding hydrogens is 232 g/mol. The molecule has 2 aromatic rings. The number of para-hydroxylation sites is 1. The molecule has 0 saturated carbocycles. The van der Waals surface area contributed by atoms with Crippen LogP contribution in [0.4, 0.5) is 0 Å². The van der Waals surface area contributed by atoms with E-state index in [4.69, 9.17) is 0 Å². The number of H-pyrrole nitrogens is 1. The van der Waals surface area contributed by atoms with E-state index in [0.29, 0.717) is 0 Å². The van der Waals surface area contributed by atoms with Crippen molar-refractivity contribution < 1.29 is 0 Å². The summed E-state index contributed by atoms with van der Waals surface area (Å²) < 4.78 is 0. The Kier molecular flexibility index (Phi) is 13.8. The van der Waals surface area contributed by atoms with Crippen LogP contribution < -0.4 is 0 Å². The van der Waals surface area contributed by atoms with Gasteiger partial charge in [-0.3, -0.25) is 5.10 Å². The third-order valence-corrected chi connectivity index (χ3v) is 1.35. The van der Waals surface area contributed by atoms with Gasteiger partial charge in [0.2, 0.25) is 0 Å². The summed E-state index contributed by atoms with van der Waals surface area (Å²) in [4.78, 5) is 0. The summed E-state index contributed by atoms with van der Waals surface area (Å²) in [6, 6.07) is 8.01. The fourth-order valence-corrected chi connectivity index (χ4v) is 0.883. The molecule has 0 bridgehead atoms. The lowest BCUT2D eigenvalue weighted by atomic mass is 10.3. The van der Waals surface area contributed by atoms with E-state index in [-0.39, 0.29) is 0 Å². The van der Waals surface area contributed by atoms with Crippen molar-refractivity contribution >= 4 is 10.9 Å². The first-order chi connectivity index (χ1) is 8.93. The summed E-state index contributed by atoms with van der Waals surface area (Å²) in [5, 5.41) is 7.91. The lowest BCUT2D eigenvalue weighted by Crippen LogP contribution is -1.66. The molecule has 0 fully saturated rings. The Morgan fingerprint density at radius 1 is 0.842 bits per heavy atom. The minimum atomic E-state index is 0.833. The topological polar surface area (TPSA) is 28.7 Å². The molecule has 2 rings (SSSR count). The molecule has 1 heterocycles. The van der Waals surface area contributed by atoms with E-state index in [1.807, 2.05) is 44.3 Å². The summed E-state index contributed by atoms with van der Waals surface area (Å²) in [6.45, 7) is 17.0. The van der Waals surface area contributed by atoms with Gasteiger partial charge < -0.3 is 0 Å². The molecule has 1 aromatic heterocycles. The standard InChI is InChI=1S/C7H6N2.2C4H10.C2H6/c1-2-4-7-6(3-1)5-8-9-7;2*1-4(2)3;1-2/h1-5H,(H,8,9);2*4H,1-3H3;1-2H3. The highest BCUT2D eigenvalue weighted by Gasteiger charge is 1.88. The Balaban J connectivity index is 0. The number of rotatable bonds is 0. The summed E-state index contributed by atoms with van der Waals surface area (Å²) in [5.74, 6) is 1.67. The van der Waals surface area contributed by atoms with Gasteiger partial charge in [-0.2, -0.15) is 5.10 Å². The van der Waals surface area contributed by atoms with Crippen LogP contribution in [0.3, 0.4) is 0 Å². The van der Waals surface area contributed by atoms with Crippen LogP contribution in [0.25, 0.3) is 10.9 Å². The zero-order chi connectivity index (χ0) is 15.3. The molecule has 0 spiro atoms. The zero-order valence-electron chi connectivity index (χ0n) is 14.0. The van der Waals surface area contributed by atoms with Crippen molar-refractivity contribution in [3.8, 4) is 0 Å². The molecule has 2 nitrogen and oxygen atoms in total. The first-order valence-corrected chi connectivity index (χ1v) is 7.31. The molecule has 0 amide bonds. The van der Waals surface area contributed by atoms with Crippen LogP contribution in [0.2, 0.25) is 0 Å². The number of benzene rings is 1. The maximum absolute atomic E-state index is 3.88. The van der Waals surface area contributed by atoms with E-state index in [0.717, 1.165) is 22.7 Å². The van der Waals surface area contributed by atoms with Crippen LogP contribution in [-0.4, -0.2) is 10.2 Å². The molecule has 1 aromatic carbocycles. The highest BCUT2D eigenvalue weighted by atomic mass is 15.1. The lowest BCUT2D eigenvalue weighted by Gasteiger charge is -1.81. The molecule has 0 atom stereocenters. The Hall–Kier alpha value is -1.31. The zero-order valence-corrected chi connectivity index (χ0v) is 14.0. The van der Waals surface area contributed by atoms with Crippen LogP contribution in [0.5, 0.6) is 0 Å². The number of hydrogen-bond donors (Lipinski definition) is 1. The van der Waals surface area contributed by atoms with E-state index in [1.165, 1.54) is 0 Å². The number of aromatic amines is 1.